The molecule has 2 N–H and O–H groups in total. The first-order valence-electron chi connectivity index (χ1n) is 7.32. The molecule has 8 nitrogen and oxygen atoms in total. The molecular weight excluding hydrogens is 400 g/mol. The summed E-state index contributed by atoms with van der Waals surface area (Å²) in [6.07, 6.45) is 0. The number of halogens is 1. The first kappa shape index (κ1) is 18.8. The van der Waals surface area contributed by atoms with Gasteiger partial charge in [-0.3, -0.25) is 15.0 Å². The van der Waals surface area contributed by atoms with Crippen molar-refractivity contribution in [3.05, 3.63) is 28.7 Å². The number of nitrogens with one attached hydrogen (secondary N) is 2. The van der Waals surface area contributed by atoms with Gasteiger partial charge in [0.15, 0.2) is 0 Å². The van der Waals surface area contributed by atoms with Crippen molar-refractivity contribution < 1.29 is 18.0 Å². The first-order chi connectivity index (χ1) is 11.3. The van der Waals surface area contributed by atoms with Crippen molar-refractivity contribution in [1.82, 2.24) is 19.8 Å². The summed E-state index contributed by atoms with van der Waals surface area (Å²) < 4.78 is 27.3. The molecule has 1 aliphatic rings. The first-order valence-corrected chi connectivity index (χ1v) is 9.56. The number of hydrogen-bond donors (Lipinski definition) is 2. The predicted octanol–water partition coefficient (Wildman–Crippen LogP) is 0.211. The lowest BCUT2D eigenvalue weighted by Gasteiger charge is -2.33. The molecule has 0 spiro atoms. The molecule has 0 radical (unpaired) electrons. The van der Waals surface area contributed by atoms with Crippen LogP contribution in [0.2, 0.25) is 0 Å². The van der Waals surface area contributed by atoms with E-state index in [-0.39, 0.29) is 11.4 Å². The molecule has 0 saturated carbocycles. The number of carbonyl (C=O) groups excluding carboxylic acids is 2. The van der Waals surface area contributed by atoms with Gasteiger partial charge in [-0.1, -0.05) is 22.0 Å². The Labute approximate surface area is 149 Å². The molecule has 1 fully saturated rings. The highest BCUT2D eigenvalue weighted by Crippen LogP contribution is 2.21. The molecule has 1 aliphatic heterocycles. The molecule has 1 aromatic carbocycles. The summed E-state index contributed by atoms with van der Waals surface area (Å²) in [4.78, 5) is 24.8. The fraction of sp³-hybridized carbons (Fsp3) is 0.429. The minimum atomic E-state index is -3.55. The summed E-state index contributed by atoms with van der Waals surface area (Å²) in [6, 6.07) is 6.01. The molecule has 10 heteroatoms. The number of hydrogen-bond acceptors (Lipinski definition) is 5. The highest BCUT2D eigenvalue weighted by Gasteiger charge is 2.29. The van der Waals surface area contributed by atoms with Crippen molar-refractivity contribution in [1.29, 1.82) is 0 Å². The van der Waals surface area contributed by atoms with Gasteiger partial charge in [0.25, 0.3) is 0 Å². The molecule has 24 heavy (non-hydrogen) atoms. The van der Waals surface area contributed by atoms with E-state index in [0.717, 1.165) is 0 Å². The van der Waals surface area contributed by atoms with E-state index in [1.165, 1.54) is 11.4 Å². The molecule has 0 aliphatic carbocycles. The van der Waals surface area contributed by atoms with E-state index >= 15 is 0 Å². The third-order valence-electron chi connectivity index (χ3n) is 3.61. The van der Waals surface area contributed by atoms with Gasteiger partial charge < -0.3 is 5.32 Å². The molecule has 0 atom stereocenters. The summed E-state index contributed by atoms with van der Waals surface area (Å²) in [6.45, 7) is 1.49. The van der Waals surface area contributed by atoms with E-state index in [1.54, 1.807) is 24.3 Å². The topological polar surface area (TPSA) is 98.8 Å². The quantitative estimate of drug-likeness (QED) is 0.727. The average molecular weight is 419 g/mol. The van der Waals surface area contributed by atoms with Gasteiger partial charge in [-0.15, -0.1) is 0 Å². The predicted molar refractivity (Wildman–Crippen MR) is 91.9 cm³/mol. The number of amides is 3. The highest BCUT2D eigenvalue weighted by atomic mass is 79.9. The minimum Gasteiger partial charge on any atom is -0.341 e. The van der Waals surface area contributed by atoms with Crippen LogP contribution >= 0.6 is 15.9 Å². The van der Waals surface area contributed by atoms with Gasteiger partial charge >= 0.3 is 6.03 Å². The molecular formula is C14H19BrN4O4S. The standard InChI is InChI=1S/C14H19BrN4O4S/c1-16-14(21)17-13(20)10-18-5-7-19(8-6-18)24(22,23)12-4-2-3-11(15)9-12/h2-4,9H,5-8,10H2,1H3,(H2,16,17,20,21). The number of sulfonamides is 1. The zero-order valence-electron chi connectivity index (χ0n) is 13.2. The van der Waals surface area contributed by atoms with E-state index in [1.807, 2.05) is 4.90 Å². The number of urea groups is 1. The van der Waals surface area contributed by atoms with Crippen LogP contribution in [0.15, 0.2) is 33.6 Å². The number of nitrogens with zero attached hydrogens (tertiary/aromatic N) is 2. The van der Waals surface area contributed by atoms with E-state index < -0.39 is 22.0 Å². The second kappa shape index (κ2) is 8.06. The second-order valence-corrected chi connectivity index (χ2v) is 8.12. The van der Waals surface area contributed by atoms with E-state index in [4.69, 9.17) is 0 Å². The molecule has 0 unspecified atom stereocenters. The molecule has 132 valence electrons. The Hall–Kier alpha value is -1.49. The van der Waals surface area contributed by atoms with Crippen LogP contribution < -0.4 is 10.6 Å². The Bertz CT molecular complexity index is 717. The SMILES string of the molecule is CNC(=O)NC(=O)CN1CCN(S(=O)(=O)c2cccc(Br)c2)CC1. The van der Waals surface area contributed by atoms with Gasteiger partial charge in [0.05, 0.1) is 11.4 Å². The molecule has 1 heterocycles. The van der Waals surface area contributed by atoms with Gasteiger partial charge in [-0.25, -0.2) is 13.2 Å². The molecule has 0 bridgehead atoms. The number of rotatable bonds is 4. The molecule has 2 rings (SSSR count). The van der Waals surface area contributed by atoms with Crippen molar-refractivity contribution in [3.8, 4) is 0 Å². The summed E-state index contributed by atoms with van der Waals surface area (Å²) in [5.41, 5.74) is 0. The van der Waals surface area contributed by atoms with Crippen molar-refractivity contribution in [2.75, 3.05) is 39.8 Å². The Morgan fingerprint density at radius 1 is 1.21 bits per heavy atom. The van der Waals surface area contributed by atoms with Crippen LogP contribution in [-0.2, 0) is 14.8 Å². The second-order valence-electron chi connectivity index (χ2n) is 5.26. The maximum atomic E-state index is 12.6. The Balaban J connectivity index is 1.92. The van der Waals surface area contributed by atoms with Crippen molar-refractivity contribution in [2.45, 2.75) is 4.90 Å². The van der Waals surface area contributed by atoms with Crippen molar-refractivity contribution in [3.63, 3.8) is 0 Å². The lowest BCUT2D eigenvalue weighted by molar-refractivity contribution is -0.121. The van der Waals surface area contributed by atoms with E-state index in [0.29, 0.717) is 30.7 Å². The van der Waals surface area contributed by atoms with Gasteiger partial charge in [0.2, 0.25) is 15.9 Å². The fourth-order valence-corrected chi connectivity index (χ4v) is 4.36. The normalized spacial score (nSPS) is 16.6. The lowest BCUT2D eigenvalue weighted by Crippen LogP contribution is -2.52. The van der Waals surface area contributed by atoms with Crippen molar-refractivity contribution >= 4 is 37.9 Å². The number of benzene rings is 1. The molecule has 1 saturated heterocycles. The lowest BCUT2D eigenvalue weighted by atomic mass is 10.3. The Kier molecular flexibility index (Phi) is 6.33. The summed E-state index contributed by atoms with van der Waals surface area (Å²) in [7, 11) is -2.12. The molecule has 3 amide bonds. The van der Waals surface area contributed by atoms with E-state index in [9.17, 15) is 18.0 Å². The fourth-order valence-electron chi connectivity index (χ4n) is 2.34. The maximum absolute atomic E-state index is 12.6. The van der Waals surface area contributed by atoms with Crippen LogP contribution in [-0.4, -0.2) is 69.3 Å². The summed E-state index contributed by atoms with van der Waals surface area (Å²) in [5, 5.41) is 4.48. The smallest absolute Gasteiger partial charge is 0.321 e. The Morgan fingerprint density at radius 3 is 2.46 bits per heavy atom. The summed E-state index contributed by atoms with van der Waals surface area (Å²) in [5.74, 6) is -0.419. The van der Waals surface area contributed by atoms with Gasteiger partial charge in [-0.2, -0.15) is 4.31 Å². The van der Waals surface area contributed by atoms with Gasteiger partial charge in [0.1, 0.15) is 0 Å². The van der Waals surface area contributed by atoms with Crippen LogP contribution in [0.3, 0.4) is 0 Å². The zero-order chi connectivity index (χ0) is 17.7. The third-order valence-corrected chi connectivity index (χ3v) is 6.00. The van der Waals surface area contributed by atoms with Gasteiger partial charge in [0, 0.05) is 37.7 Å². The highest BCUT2D eigenvalue weighted by molar-refractivity contribution is 9.10. The third kappa shape index (κ3) is 4.76. The number of imide groups is 1. The number of carbonyl (C=O) groups is 2. The summed E-state index contributed by atoms with van der Waals surface area (Å²) >= 11 is 3.27. The van der Waals surface area contributed by atoms with Crippen LogP contribution in [0.1, 0.15) is 0 Å². The van der Waals surface area contributed by atoms with Crippen LogP contribution in [0.25, 0.3) is 0 Å². The zero-order valence-corrected chi connectivity index (χ0v) is 15.6. The van der Waals surface area contributed by atoms with E-state index in [2.05, 4.69) is 26.6 Å². The largest absolute Gasteiger partial charge is 0.341 e. The number of piperazine rings is 1. The van der Waals surface area contributed by atoms with Crippen LogP contribution in [0, 0.1) is 0 Å². The van der Waals surface area contributed by atoms with Crippen LogP contribution in [0.5, 0.6) is 0 Å². The minimum absolute atomic E-state index is 0.0538. The van der Waals surface area contributed by atoms with Crippen LogP contribution in [0.4, 0.5) is 4.79 Å². The maximum Gasteiger partial charge on any atom is 0.321 e. The van der Waals surface area contributed by atoms with Crippen molar-refractivity contribution in [2.24, 2.45) is 0 Å². The Morgan fingerprint density at radius 2 is 1.88 bits per heavy atom. The molecule has 0 aromatic heterocycles. The van der Waals surface area contributed by atoms with Gasteiger partial charge in [-0.05, 0) is 18.2 Å². The molecule has 1 aromatic rings. The monoisotopic (exact) mass is 418 g/mol. The average Bonchev–Trinajstić information content (AvgIpc) is 2.55.